The van der Waals surface area contributed by atoms with Crippen molar-refractivity contribution < 1.29 is 0 Å². The standard InChI is InChI=1S/C21H16N4S/c1-2-4-14(5-3-1)12-22-21-24-19-9-7-16(11-20(19)26-21)15-6-8-18-17(10-15)13-23-25-18/h1-11,13H,12H2,(H,22,24)(H,23,25). The van der Waals surface area contributed by atoms with E-state index in [1.165, 1.54) is 21.4 Å². The Labute approximate surface area is 154 Å². The van der Waals surface area contributed by atoms with Gasteiger partial charge in [-0.15, -0.1) is 0 Å². The molecule has 2 aromatic heterocycles. The quantitative estimate of drug-likeness (QED) is 0.450. The SMILES string of the molecule is c1ccc(CNc2nc3ccc(-c4ccc5[nH]ncc5c4)cc3s2)cc1. The van der Waals surface area contributed by atoms with Crippen molar-refractivity contribution in [2.45, 2.75) is 6.54 Å². The van der Waals surface area contributed by atoms with Crippen LogP contribution in [0.1, 0.15) is 5.56 Å². The van der Waals surface area contributed by atoms with Gasteiger partial charge >= 0.3 is 0 Å². The number of hydrogen-bond acceptors (Lipinski definition) is 4. The summed E-state index contributed by atoms with van der Waals surface area (Å²) in [5.41, 5.74) is 5.71. The number of nitrogens with zero attached hydrogens (tertiary/aromatic N) is 2. The highest BCUT2D eigenvalue weighted by atomic mass is 32.1. The maximum absolute atomic E-state index is 4.70. The van der Waals surface area contributed by atoms with E-state index in [1.54, 1.807) is 11.3 Å². The molecule has 0 aliphatic rings. The van der Waals surface area contributed by atoms with Crippen molar-refractivity contribution in [2.75, 3.05) is 5.32 Å². The van der Waals surface area contributed by atoms with Gasteiger partial charge in [-0.2, -0.15) is 5.10 Å². The number of nitrogens with one attached hydrogen (secondary N) is 2. The molecular formula is C21H16N4S. The van der Waals surface area contributed by atoms with E-state index in [4.69, 9.17) is 4.98 Å². The van der Waals surface area contributed by atoms with Gasteiger partial charge in [0, 0.05) is 11.9 Å². The second kappa shape index (κ2) is 6.28. The molecule has 26 heavy (non-hydrogen) atoms. The third-order valence-corrected chi connectivity index (χ3v) is 5.42. The summed E-state index contributed by atoms with van der Waals surface area (Å²) in [5, 5.41) is 12.6. The molecule has 0 saturated carbocycles. The minimum atomic E-state index is 0.782. The van der Waals surface area contributed by atoms with Crippen LogP contribution in [-0.2, 0) is 6.54 Å². The van der Waals surface area contributed by atoms with Crippen molar-refractivity contribution in [3.8, 4) is 11.1 Å². The van der Waals surface area contributed by atoms with Gasteiger partial charge in [0.15, 0.2) is 5.13 Å². The van der Waals surface area contributed by atoms with Gasteiger partial charge in [0.1, 0.15) is 0 Å². The third kappa shape index (κ3) is 2.82. The summed E-state index contributed by atoms with van der Waals surface area (Å²) in [5.74, 6) is 0. The molecule has 2 N–H and O–H groups in total. The van der Waals surface area contributed by atoms with E-state index >= 15 is 0 Å². The molecule has 0 saturated heterocycles. The third-order valence-electron chi connectivity index (χ3n) is 4.45. The zero-order chi connectivity index (χ0) is 17.3. The van der Waals surface area contributed by atoms with Crippen molar-refractivity contribution in [2.24, 2.45) is 0 Å². The molecule has 0 unspecified atom stereocenters. The number of thiazole rings is 1. The summed E-state index contributed by atoms with van der Waals surface area (Å²) in [6, 6.07) is 23.2. The lowest BCUT2D eigenvalue weighted by molar-refractivity contribution is 1.12. The first-order valence-electron chi connectivity index (χ1n) is 8.47. The predicted octanol–water partition coefficient (Wildman–Crippen LogP) is 5.45. The van der Waals surface area contributed by atoms with Gasteiger partial charge in [0.05, 0.1) is 21.9 Å². The number of rotatable bonds is 4. The van der Waals surface area contributed by atoms with Crippen LogP contribution < -0.4 is 5.32 Å². The molecule has 126 valence electrons. The van der Waals surface area contributed by atoms with E-state index in [1.807, 2.05) is 12.3 Å². The van der Waals surface area contributed by atoms with E-state index < -0.39 is 0 Å². The minimum Gasteiger partial charge on any atom is -0.357 e. The van der Waals surface area contributed by atoms with Crippen molar-refractivity contribution in [1.82, 2.24) is 15.2 Å². The second-order valence-corrected chi connectivity index (χ2v) is 7.24. The van der Waals surface area contributed by atoms with Gasteiger partial charge in [-0.05, 0) is 41.0 Å². The molecule has 0 radical (unpaired) electrons. The summed E-state index contributed by atoms with van der Waals surface area (Å²) in [7, 11) is 0. The molecule has 0 atom stereocenters. The number of fused-ring (bicyclic) bond motifs is 2. The maximum atomic E-state index is 4.70. The van der Waals surface area contributed by atoms with Gasteiger partial charge in [-0.3, -0.25) is 5.10 Å². The van der Waals surface area contributed by atoms with Crippen LogP contribution in [0.4, 0.5) is 5.13 Å². The number of hydrogen-bond donors (Lipinski definition) is 2. The number of H-pyrrole nitrogens is 1. The molecule has 0 aliphatic heterocycles. The Morgan fingerprint density at radius 2 is 1.77 bits per heavy atom. The molecule has 5 rings (SSSR count). The normalized spacial score (nSPS) is 11.2. The summed E-state index contributed by atoms with van der Waals surface area (Å²) in [4.78, 5) is 4.70. The zero-order valence-electron chi connectivity index (χ0n) is 13.9. The summed E-state index contributed by atoms with van der Waals surface area (Å²) >= 11 is 1.69. The van der Waals surface area contributed by atoms with Crippen LogP contribution in [0, 0.1) is 0 Å². The van der Waals surface area contributed by atoms with Gasteiger partial charge < -0.3 is 5.32 Å². The Hall–Kier alpha value is -3.18. The van der Waals surface area contributed by atoms with Gasteiger partial charge in [0.2, 0.25) is 0 Å². The lowest BCUT2D eigenvalue weighted by atomic mass is 10.0. The van der Waals surface area contributed by atoms with Gasteiger partial charge in [0.25, 0.3) is 0 Å². The van der Waals surface area contributed by atoms with E-state index in [9.17, 15) is 0 Å². The van der Waals surface area contributed by atoms with E-state index in [0.717, 1.165) is 28.1 Å². The monoisotopic (exact) mass is 356 g/mol. The molecular weight excluding hydrogens is 340 g/mol. The Balaban J connectivity index is 1.44. The highest BCUT2D eigenvalue weighted by Gasteiger charge is 2.07. The molecule has 5 aromatic rings. The van der Waals surface area contributed by atoms with E-state index in [2.05, 4.69) is 76.2 Å². The average Bonchev–Trinajstić information content (AvgIpc) is 3.32. The predicted molar refractivity (Wildman–Crippen MR) is 108 cm³/mol. The fourth-order valence-corrected chi connectivity index (χ4v) is 3.98. The molecule has 0 amide bonds. The van der Waals surface area contributed by atoms with Crippen LogP contribution in [0.25, 0.3) is 32.2 Å². The molecule has 2 heterocycles. The van der Waals surface area contributed by atoms with Crippen LogP contribution in [0.3, 0.4) is 0 Å². The van der Waals surface area contributed by atoms with Crippen molar-refractivity contribution >= 4 is 37.6 Å². The van der Waals surface area contributed by atoms with Crippen LogP contribution in [0.2, 0.25) is 0 Å². The van der Waals surface area contributed by atoms with E-state index in [-0.39, 0.29) is 0 Å². The average molecular weight is 356 g/mol. The molecule has 3 aromatic carbocycles. The fraction of sp³-hybridized carbons (Fsp3) is 0.0476. The topological polar surface area (TPSA) is 53.6 Å². The lowest BCUT2D eigenvalue weighted by Crippen LogP contribution is -1.97. The number of aromatic amines is 1. The molecule has 0 aliphatic carbocycles. The second-order valence-electron chi connectivity index (χ2n) is 6.21. The van der Waals surface area contributed by atoms with Crippen LogP contribution in [0.15, 0.2) is 72.9 Å². The van der Waals surface area contributed by atoms with Crippen molar-refractivity contribution in [3.05, 3.63) is 78.5 Å². The molecule has 5 heteroatoms. The Bertz CT molecular complexity index is 1190. The Morgan fingerprint density at radius 1 is 0.923 bits per heavy atom. The molecule has 4 nitrogen and oxygen atoms in total. The molecule has 0 bridgehead atoms. The first-order valence-corrected chi connectivity index (χ1v) is 9.29. The largest absolute Gasteiger partial charge is 0.357 e. The summed E-state index contributed by atoms with van der Waals surface area (Å²) < 4.78 is 1.19. The maximum Gasteiger partial charge on any atom is 0.184 e. The van der Waals surface area contributed by atoms with Gasteiger partial charge in [-0.25, -0.2) is 4.98 Å². The Morgan fingerprint density at radius 3 is 2.69 bits per heavy atom. The van der Waals surface area contributed by atoms with Crippen molar-refractivity contribution in [3.63, 3.8) is 0 Å². The highest BCUT2D eigenvalue weighted by Crippen LogP contribution is 2.31. The first kappa shape index (κ1) is 15.1. The van der Waals surface area contributed by atoms with Crippen LogP contribution in [0.5, 0.6) is 0 Å². The number of anilines is 1. The van der Waals surface area contributed by atoms with Gasteiger partial charge in [-0.1, -0.05) is 53.8 Å². The number of benzene rings is 3. The summed E-state index contributed by atoms with van der Waals surface area (Å²) in [6.07, 6.45) is 1.86. The molecule has 0 spiro atoms. The lowest BCUT2D eigenvalue weighted by Gasteiger charge is -2.01. The van der Waals surface area contributed by atoms with Crippen molar-refractivity contribution in [1.29, 1.82) is 0 Å². The zero-order valence-corrected chi connectivity index (χ0v) is 14.8. The van der Waals surface area contributed by atoms with Crippen LogP contribution in [-0.4, -0.2) is 15.2 Å². The smallest absolute Gasteiger partial charge is 0.184 e. The molecule has 0 fully saturated rings. The Kier molecular flexibility index (Phi) is 3.65. The first-order chi connectivity index (χ1) is 12.8. The number of aromatic nitrogens is 3. The fourth-order valence-electron chi connectivity index (χ4n) is 3.08. The van der Waals surface area contributed by atoms with E-state index in [0.29, 0.717) is 0 Å². The van der Waals surface area contributed by atoms with Crippen LogP contribution >= 0.6 is 11.3 Å². The highest BCUT2D eigenvalue weighted by molar-refractivity contribution is 7.22. The summed E-state index contributed by atoms with van der Waals surface area (Å²) in [6.45, 7) is 0.782. The minimum absolute atomic E-state index is 0.782.